The lowest BCUT2D eigenvalue weighted by molar-refractivity contribution is -0.122. The Balaban J connectivity index is 2.06. The van der Waals surface area contributed by atoms with E-state index in [1.165, 1.54) is 19.3 Å². The number of methoxy groups -OCH3 is 2. The number of nitrogens with two attached hydrogens (primary N) is 1. The first-order chi connectivity index (χ1) is 15.9. The topological polar surface area (TPSA) is 103 Å². The number of amides is 1. The predicted octanol–water partition coefficient (Wildman–Crippen LogP) is 4.41. The molecule has 184 valence electrons. The number of ketones is 1. The highest BCUT2D eigenvalue weighted by Gasteiger charge is 2.26. The number of guanidine groups is 1. The normalized spacial score (nSPS) is 15.8. The van der Waals surface area contributed by atoms with Gasteiger partial charge in [0.2, 0.25) is 5.91 Å². The fraction of sp³-hybridized carbons (Fsp3) is 0.654. The molecule has 1 amide bonds. The number of aliphatic imine (C=N–C) groups is 1. The molecule has 0 aromatic heterocycles. The first kappa shape index (κ1) is 26.7. The highest BCUT2D eigenvalue weighted by atomic mass is 16.5. The molecule has 1 atom stereocenters. The first-order valence-electron chi connectivity index (χ1n) is 12.3. The van der Waals surface area contributed by atoms with Gasteiger partial charge >= 0.3 is 0 Å². The Hall–Kier alpha value is -2.57. The summed E-state index contributed by atoms with van der Waals surface area (Å²) in [5.41, 5.74) is 6.86. The van der Waals surface area contributed by atoms with E-state index >= 15 is 0 Å². The zero-order chi connectivity index (χ0) is 24.2. The van der Waals surface area contributed by atoms with Crippen LogP contribution < -0.4 is 20.5 Å². The van der Waals surface area contributed by atoms with Crippen molar-refractivity contribution in [3.8, 4) is 11.5 Å². The number of nitrogens with zero attached hydrogens (tertiary/aromatic N) is 1. The van der Waals surface area contributed by atoms with Crippen molar-refractivity contribution in [2.75, 3.05) is 14.2 Å². The molecule has 3 N–H and O–H groups in total. The van der Waals surface area contributed by atoms with Gasteiger partial charge in [0, 0.05) is 6.42 Å². The summed E-state index contributed by atoms with van der Waals surface area (Å²) >= 11 is 0. The first-order valence-corrected chi connectivity index (χ1v) is 12.3. The number of hydrogen-bond acceptors (Lipinski definition) is 5. The van der Waals surface area contributed by atoms with E-state index in [1.807, 2.05) is 0 Å². The van der Waals surface area contributed by atoms with E-state index < -0.39 is 6.04 Å². The number of ether oxygens (including phenoxy) is 2. The van der Waals surface area contributed by atoms with E-state index in [9.17, 15) is 9.59 Å². The highest BCUT2D eigenvalue weighted by molar-refractivity contribution is 5.98. The van der Waals surface area contributed by atoms with Crippen LogP contribution in [0.2, 0.25) is 0 Å². The summed E-state index contributed by atoms with van der Waals surface area (Å²) in [7, 11) is 3.12. The van der Waals surface area contributed by atoms with Crippen LogP contribution in [0, 0.1) is 11.8 Å². The number of Topliss-reactive ketones (excluding diaryl/α,β-unsaturated/α-hetero) is 1. The van der Waals surface area contributed by atoms with Gasteiger partial charge < -0.3 is 15.2 Å². The molecule has 7 heteroatoms. The Morgan fingerprint density at radius 3 is 2.36 bits per heavy atom. The Labute approximate surface area is 198 Å². The molecule has 1 aromatic carbocycles. The molecule has 0 spiro atoms. The Morgan fingerprint density at radius 1 is 1.09 bits per heavy atom. The van der Waals surface area contributed by atoms with Crippen molar-refractivity contribution in [1.29, 1.82) is 0 Å². The van der Waals surface area contributed by atoms with Gasteiger partial charge in [0.1, 0.15) is 6.04 Å². The zero-order valence-corrected chi connectivity index (χ0v) is 20.7. The Kier molecular flexibility index (Phi) is 11.2. The van der Waals surface area contributed by atoms with Crippen molar-refractivity contribution in [2.24, 2.45) is 22.6 Å². The molecule has 1 aliphatic carbocycles. The van der Waals surface area contributed by atoms with Gasteiger partial charge in [-0.3, -0.25) is 14.9 Å². The van der Waals surface area contributed by atoms with Crippen LogP contribution >= 0.6 is 0 Å². The highest BCUT2D eigenvalue weighted by Crippen LogP contribution is 2.30. The molecule has 0 saturated heterocycles. The minimum absolute atomic E-state index is 0.0131. The van der Waals surface area contributed by atoms with Crippen LogP contribution in [0.5, 0.6) is 11.5 Å². The standard InChI is InChI=1S/C26H41N3O4/c1-5-18(6-2)15-22(30)21(14-19-10-8-7-9-11-19)28-26(27)29-25(31)17-20-12-13-23(32-3)24(16-20)33-4/h12-13,16,18-19,21H,5-11,14-15,17H2,1-4H3,(H3,27,28,29,31)/t21-/m1/s1. The lowest BCUT2D eigenvalue weighted by Gasteiger charge is -2.25. The van der Waals surface area contributed by atoms with Crippen LogP contribution in [-0.2, 0) is 16.0 Å². The Morgan fingerprint density at radius 2 is 1.76 bits per heavy atom. The monoisotopic (exact) mass is 459 g/mol. The van der Waals surface area contributed by atoms with Gasteiger partial charge in [0.25, 0.3) is 0 Å². The van der Waals surface area contributed by atoms with E-state index in [-0.39, 0.29) is 24.1 Å². The van der Waals surface area contributed by atoms with E-state index in [4.69, 9.17) is 15.2 Å². The number of carbonyl (C=O) groups is 2. The predicted molar refractivity (Wildman–Crippen MR) is 132 cm³/mol. The molecule has 1 fully saturated rings. The summed E-state index contributed by atoms with van der Waals surface area (Å²) in [5, 5.41) is 2.66. The number of benzene rings is 1. The van der Waals surface area contributed by atoms with Crippen molar-refractivity contribution in [3.63, 3.8) is 0 Å². The van der Waals surface area contributed by atoms with Crippen molar-refractivity contribution in [2.45, 2.75) is 84.1 Å². The second-order valence-corrected chi connectivity index (χ2v) is 9.04. The summed E-state index contributed by atoms with van der Waals surface area (Å²) in [6, 6.07) is 4.83. The van der Waals surface area contributed by atoms with Gasteiger partial charge in [0.05, 0.1) is 20.6 Å². The molecule has 33 heavy (non-hydrogen) atoms. The van der Waals surface area contributed by atoms with Crippen LogP contribution in [0.25, 0.3) is 0 Å². The molecule has 2 rings (SSSR count). The summed E-state index contributed by atoms with van der Waals surface area (Å²) in [4.78, 5) is 30.2. The fourth-order valence-electron chi connectivity index (χ4n) is 4.56. The second-order valence-electron chi connectivity index (χ2n) is 9.04. The van der Waals surface area contributed by atoms with Gasteiger partial charge in [-0.05, 0) is 36.0 Å². The van der Waals surface area contributed by atoms with E-state index in [2.05, 4.69) is 24.2 Å². The van der Waals surface area contributed by atoms with Crippen LogP contribution in [0.1, 0.15) is 77.2 Å². The van der Waals surface area contributed by atoms with Gasteiger partial charge in [-0.25, -0.2) is 4.99 Å². The maximum Gasteiger partial charge on any atom is 0.231 e. The third-order valence-corrected chi connectivity index (χ3v) is 6.67. The van der Waals surface area contributed by atoms with Gasteiger partial charge in [-0.15, -0.1) is 0 Å². The van der Waals surface area contributed by atoms with Crippen LogP contribution in [0.4, 0.5) is 0 Å². The average Bonchev–Trinajstić information content (AvgIpc) is 2.82. The smallest absolute Gasteiger partial charge is 0.231 e. The number of hydrogen-bond donors (Lipinski definition) is 2. The zero-order valence-electron chi connectivity index (χ0n) is 20.7. The van der Waals surface area contributed by atoms with Crippen LogP contribution in [0.15, 0.2) is 23.2 Å². The summed E-state index contributed by atoms with van der Waals surface area (Å²) < 4.78 is 10.5. The van der Waals surface area contributed by atoms with Crippen molar-refractivity contribution in [1.82, 2.24) is 5.32 Å². The lowest BCUT2D eigenvalue weighted by atomic mass is 9.83. The second kappa shape index (κ2) is 13.9. The van der Waals surface area contributed by atoms with E-state index in [0.29, 0.717) is 36.2 Å². The molecule has 0 bridgehead atoms. The lowest BCUT2D eigenvalue weighted by Crippen LogP contribution is -2.40. The van der Waals surface area contributed by atoms with Gasteiger partial charge in [0.15, 0.2) is 23.2 Å². The third kappa shape index (κ3) is 8.71. The Bertz CT molecular complexity index is 799. The fourth-order valence-corrected chi connectivity index (χ4v) is 4.56. The molecule has 1 aromatic rings. The number of nitrogens with one attached hydrogen (secondary N) is 1. The largest absolute Gasteiger partial charge is 0.493 e. The molecular formula is C26H41N3O4. The molecule has 7 nitrogen and oxygen atoms in total. The SMILES string of the molecule is CCC(CC)CC(=O)[C@@H](CC1CCCCC1)N=C(N)NC(=O)Cc1ccc(OC)c(OC)c1. The van der Waals surface area contributed by atoms with Gasteiger partial charge in [-0.1, -0.05) is 64.9 Å². The molecule has 1 saturated carbocycles. The maximum absolute atomic E-state index is 13.1. The number of carbonyl (C=O) groups excluding carboxylic acids is 2. The summed E-state index contributed by atoms with van der Waals surface area (Å²) in [5.74, 6) is 1.88. The molecule has 0 radical (unpaired) electrons. The van der Waals surface area contributed by atoms with Crippen molar-refractivity contribution in [3.05, 3.63) is 23.8 Å². The van der Waals surface area contributed by atoms with Gasteiger partial charge in [-0.2, -0.15) is 0 Å². The summed E-state index contributed by atoms with van der Waals surface area (Å²) in [6.45, 7) is 4.23. The third-order valence-electron chi connectivity index (χ3n) is 6.67. The molecule has 0 aliphatic heterocycles. The maximum atomic E-state index is 13.1. The number of rotatable bonds is 12. The van der Waals surface area contributed by atoms with E-state index in [0.717, 1.165) is 31.2 Å². The average molecular weight is 460 g/mol. The van der Waals surface area contributed by atoms with Crippen LogP contribution in [0.3, 0.4) is 0 Å². The minimum atomic E-state index is -0.491. The molecule has 0 unspecified atom stereocenters. The van der Waals surface area contributed by atoms with E-state index in [1.54, 1.807) is 32.4 Å². The van der Waals surface area contributed by atoms with Crippen molar-refractivity contribution < 1.29 is 19.1 Å². The molecule has 0 heterocycles. The quantitative estimate of drug-likeness (QED) is 0.356. The molecular weight excluding hydrogens is 418 g/mol. The molecule has 1 aliphatic rings. The summed E-state index contributed by atoms with van der Waals surface area (Å²) in [6.07, 6.45) is 9.24. The van der Waals surface area contributed by atoms with Crippen molar-refractivity contribution >= 4 is 17.6 Å². The van der Waals surface area contributed by atoms with Crippen LogP contribution in [-0.4, -0.2) is 37.9 Å². The minimum Gasteiger partial charge on any atom is -0.493 e.